The van der Waals surface area contributed by atoms with E-state index in [0.29, 0.717) is 37.7 Å². The molecule has 310 valence electrons. The topological polar surface area (TPSA) is 216 Å². The number of nitrogens with one attached hydrogen (secondary N) is 1. The number of fused-ring (bicyclic) bond motifs is 7. The average molecular weight is 797 g/mol. The van der Waals surface area contributed by atoms with Crippen molar-refractivity contribution in [1.29, 1.82) is 0 Å². The van der Waals surface area contributed by atoms with Gasteiger partial charge in [-0.2, -0.15) is 0 Å². The van der Waals surface area contributed by atoms with E-state index in [1.165, 1.54) is 19.1 Å². The van der Waals surface area contributed by atoms with Crippen molar-refractivity contribution >= 4 is 29.6 Å². The monoisotopic (exact) mass is 796 g/mol. The average Bonchev–Trinajstić information content (AvgIpc) is 3.64. The van der Waals surface area contributed by atoms with Gasteiger partial charge in [0.1, 0.15) is 11.8 Å². The molecule has 16 heteroatoms. The number of benzene rings is 1. The number of carbonyl (C=O) groups excluding carboxylic acids is 5. The number of rotatable bonds is 16. The molecular weight excluding hydrogens is 744 g/mol. The molecule has 1 aromatic rings. The molecule has 1 saturated heterocycles. The maximum Gasteiger partial charge on any atom is 0.514 e. The van der Waals surface area contributed by atoms with E-state index >= 15 is 0 Å². The molecule has 16 nitrogen and oxygen atoms in total. The van der Waals surface area contributed by atoms with Gasteiger partial charge in [-0.1, -0.05) is 51.0 Å². The fourth-order valence-electron chi connectivity index (χ4n) is 10.3. The predicted molar refractivity (Wildman–Crippen MR) is 199 cm³/mol. The van der Waals surface area contributed by atoms with Crippen molar-refractivity contribution in [3.63, 3.8) is 0 Å². The normalized spacial score (nSPS) is 32.7. The number of nitrogens with zero attached hydrogens (tertiary/aromatic N) is 1. The predicted octanol–water partition coefficient (Wildman–Crippen LogP) is 4.52. The number of unbranched alkanes of at least 4 members (excludes halogenated alkanes) is 1. The Morgan fingerprint density at radius 3 is 2.54 bits per heavy atom. The van der Waals surface area contributed by atoms with Crippen molar-refractivity contribution in [2.24, 2.45) is 28.6 Å². The smallest absolute Gasteiger partial charge is 0.464 e. The molecule has 1 amide bonds. The van der Waals surface area contributed by atoms with Crippen LogP contribution in [0.4, 0.5) is 4.79 Å². The largest absolute Gasteiger partial charge is 0.514 e. The lowest BCUT2D eigenvalue weighted by Gasteiger charge is -2.59. The summed E-state index contributed by atoms with van der Waals surface area (Å²) in [6.07, 6.45) is 6.42. The summed E-state index contributed by atoms with van der Waals surface area (Å²) < 4.78 is 29.1. The molecule has 0 radical (unpaired) electrons. The number of ether oxygens (including phenoxy) is 5. The minimum atomic E-state index is -1.46. The number of ketones is 2. The molecule has 0 spiro atoms. The van der Waals surface area contributed by atoms with Crippen molar-refractivity contribution < 1.29 is 62.7 Å². The minimum absolute atomic E-state index is 0.0175. The number of hydrogen-bond donors (Lipinski definition) is 2. The van der Waals surface area contributed by atoms with E-state index in [1.807, 2.05) is 19.9 Å². The minimum Gasteiger partial charge on any atom is -0.464 e. The van der Waals surface area contributed by atoms with Crippen molar-refractivity contribution in [2.45, 2.75) is 116 Å². The quantitative estimate of drug-likeness (QED) is 0.0774. The number of allylic oxidation sites excluding steroid dienone is 4. The second kappa shape index (κ2) is 17.0. The SMILES string of the molecule is CCCC1O[C@@H]2C[C@H]3[C@@H]4CCC5=CC(=O)C=C[C@]5(C)[C@H]4[C@@H](O)C[C@]3(C)[C@]2(C(=O)COC(=O)Oc2ccc(CC(NC(C)=O)C(=O)OCCCCO[N+](=O)[O-])cc2)O1. The van der Waals surface area contributed by atoms with Crippen LogP contribution in [0.3, 0.4) is 0 Å². The molecule has 57 heavy (non-hydrogen) atoms. The highest BCUT2D eigenvalue weighted by Crippen LogP contribution is 2.69. The Kier molecular flexibility index (Phi) is 12.5. The van der Waals surface area contributed by atoms with Crippen LogP contribution in [0.1, 0.15) is 84.6 Å². The van der Waals surface area contributed by atoms with Crippen LogP contribution in [0.2, 0.25) is 0 Å². The highest BCUT2D eigenvalue weighted by molar-refractivity contribution is 6.01. The summed E-state index contributed by atoms with van der Waals surface area (Å²) >= 11 is 0. The first-order valence-corrected chi connectivity index (χ1v) is 19.7. The number of amides is 1. The first-order chi connectivity index (χ1) is 27.1. The van der Waals surface area contributed by atoms with E-state index in [-0.39, 0.29) is 55.3 Å². The van der Waals surface area contributed by atoms with Crippen molar-refractivity contribution in [1.82, 2.24) is 5.32 Å². The fraction of sp³-hybridized carbons (Fsp3) is 0.634. The number of aliphatic hydroxyl groups is 1. The lowest BCUT2D eigenvalue weighted by Crippen LogP contribution is -2.63. The van der Waals surface area contributed by atoms with Gasteiger partial charge in [0.15, 0.2) is 24.3 Å². The number of aliphatic hydroxyl groups excluding tert-OH is 1. The summed E-state index contributed by atoms with van der Waals surface area (Å²) in [5.41, 5.74) is -1.13. The van der Waals surface area contributed by atoms with Gasteiger partial charge in [0.05, 0.1) is 25.4 Å². The lowest BCUT2D eigenvalue weighted by atomic mass is 9.46. The maximum absolute atomic E-state index is 14.4. The Morgan fingerprint density at radius 1 is 1.11 bits per heavy atom. The van der Waals surface area contributed by atoms with Crippen LogP contribution in [-0.2, 0) is 49.4 Å². The summed E-state index contributed by atoms with van der Waals surface area (Å²) in [6, 6.07) is 5.14. The molecular formula is C41H52N2O14. The Balaban J connectivity index is 1.08. The second-order valence-electron chi connectivity index (χ2n) is 16.2. The van der Waals surface area contributed by atoms with Gasteiger partial charge in [-0.15, -0.1) is 10.1 Å². The molecule has 1 heterocycles. The molecule has 6 rings (SSSR count). The third-order valence-electron chi connectivity index (χ3n) is 12.8. The van der Waals surface area contributed by atoms with Crippen LogP contribution in [0.15, 0.2) is 48.1 Å². The van der Waals surface area contributed by atoms with Gasteiger partial charge in [-0.05, 0) is 86.6 Å². The lowest BCUT2D eigenvalue weighted by molar-refractivity contribution is -0.757. The summed E-state index contributed by atoms with van der Waals surface area (Å²) in [5.74, 6) is -1.67. The Labute approximate surface area is 330 Å². The van der Waals surface area contributed by atoms with Crippen LogP contribution in [0.25, 0.3) is 0 Å². The highest BCUT2D eigenvalue weighted by atomic mass is 16.9. The van der Waals surface area contributed by atoms with E-state index in [2.05, 4.69) is 17.1 Å². The maximum atomic E-state index is 14.4. The van der Waals surface area contributed by atoms with Gasteiger partial charge in [-0.3, -0.25) is 14.4 Å². The Hall–Kier alpha value is -4.67. The van der Waals surface area contributed by atoms with E-state index in [4.69, 9.17) is 23.7 Å². The molecule has 2 N–H and O–H groups in total. The van der Waals surface area contributed by atoms with Gasteiger partial charge in [0.2, 0.25) is 11.7 Å². The fourth-order valence-corrected chi connectivity index (χ4v) is 10.3. The van der Waals surface area contributed by atoms with Crippen molar-refractivity contribution in [3.05, 3.63) is 63.7 Å². The van der Waals surface area contributed by atoms with Gasteiger partial charge < -0.3 is 38.9 Å². The van der Waals surface area contributed by atoms with E-state index in [0.717, 1.165) is 18.4 Å². The summed E-state index contributed by atoms with van der Waals surface area (Å²) in [5, 5.41) is 23.9. The number of esters is 1. The van der Waals surface area contributed by atoms with Gasteiger partial charge >= 0.3 is 12.1 Å². The van der Waals surface area contributed by atoms with Crippen LogP contribution in [0.5, 0.6) is 5.75 Å². The van der Waals surface area contributed by atoms with Gasteiger partial charge in [0.25, 0.3) is 5.09 Å². The van der Waals surface area contributed by atoms with Crippen molar-refractivity contribution in [2.75, 3.05) is 19.8 Å². The molecule has 10 atom stereocenters. The number of Topliss-reactive ketones (excluding diaryl/α,β-unsaturated/α-hetero) is 1. The molecule has 1 aromatic carbocycles. The van der Waals surface area contributed by atoms with Crippen LogP contribution < -0.4 is 10.1 Å². The Bertz CT molecular complexity index is 1790. The molecule has 4 fully saturated rings. The first kappa shape index (κ1) is 41.9. The zero-order valence-electron chi connectivity index (χ0n) is 32.8. The van der Waals surface area contributed by atoms with Gasteiger partial charge in [-0.25, -0.2) is 9.59 Å². The van der Waals surface area contributed by atoms with Crippen molar-refractivity contribution in [3.8, 4) is 5.75 Å². The Morgan fingerprint density at radius 2 is 1.84 bits per heavy atom. The summed E-state index contributed by atoms with van der Waals surface area (Å²) in [4.78, 5) is 78.6. The van der Waals surface area contributed by atoms with Crippen LogP contribution >= 0.6 is 0 Å². The first-order valence-electron chi connectivity index (χ1n) is 19.7. The third-order valence-corrected chi connectivity index (χ3v) is 12.8. The van der Waals surface area contributed by atoms with Crippen LogP contribution in [-0.4, -0.2) is 89.8 Å². The molecule has 5 aliphatic rings. The van der Waals surface area contributed by atoms with Crippen LogP contribution in [0, 0.1) is 38.7 Å². The molecule has 2 unspecified atom stereocenters. The van der Waals surface area contributed by atoms with E-state index in [1.54, 1.807) is 24.3 Å². The zero-order chi connectivity index (χ0) is 41.1. The number of carbonyl (C=O) groups is 5. The molecule has 3 saturated carbocycles. The molecule has 1 aliphatic heterocycles. The number of hydrogen-bond acceptors (Lipinski definition) is 14. The van der Waals surface area contributed by atoms with E-state index < -0.39 is 76.5 Å². The summed E-state index contributed by atoms with van der Waals surface area (Å²) in [7, 11) is 0. The summed E-state index contributed by atoms with van der Waals surface area (Å²) in [6.45, 7) is 6.56. The molecule has 0 bridgehead atoms. The third kappa shape index (κ3) is 8.35. The second-order valence-corrected chi connectivity index (χ2v) is 16.2. The van der Waals surface area contributed by atoms with E-state index in [9.17, 15) is 39.2 Å². The molecule has 0 aromatic heterocycles. The zero-order valence-corrected chi connectivity index (χ0v) is 32.8. The standard InChI is InChI=1S/C41H52N2O14/c1-5-8-35-56-34-21-30-29-14-11-26-20-27(45)15-16-39(26,3)36(29)32(46)22-40(30,4)41(34,57-35)33(47)23-53-38(49)55-28-12-9-25(10-13-28)19-31(42-24(2)44)37(48)52-17-6-7-18-54-43(50)51/h9-10,12-13,15-16,20,29-32,34-36,46H,5-8,11,14,17-19,21-23H2,1-4H3,(H,42,44)/t29-,30-,31?,32-,34+,35?,36+,39-,40-,41+/m0/s1. The van der Waals surface area contributed by atoms with Gasteiger partial charge in [0, 0.05) is 30.1 Å². The highest BCUT2D eigenvalue weighted by Gasteiger charge is 2.76. The molecule has 4 aliphatic carbocycles.